The van der Waals surface area contributed by atoms with Crippen molar-refractivity contribution in [2.45, 2.75) is 25.9 Å². The first-order valence-corrected chi connectivity index (χ1v) is 11.2. The van der Waals surface area contributed by atoms with Gasteiger partial charge in [0.2, 0.25) is 11.8 Å². The van der Waals surface area contributed by atoms with Crippen LogP contribution in [0.4, 0.5) is 0 Å². The van der Waals surface area contributed by atoms with E-state index in [9.17, 15) is 9.59 Å². The van der Waals surface area contributed by atoms with E-state index in [1.54, 1.807) is 6.20 Å². The molecule has 168 valence electrons. The van der Waals surface area contributed by atoms with Gasteiger partial charge in [-0.3, -0.25) is 14.6 Å². The maximum Gasteiger partial charge on any atom is 0.236 e. The van der Waals surface area contributed by atoms with Crippen molar-refractivity contribution in [3.05, 3.63) is 72.1 Å². The molecule has 32 heavy (non-hydrogen) atoms. The van der Waals surface area contributed by atoms with Crippen molar-refractivity contribution in [2.75, 3.05) is 26.2 Å². The van der Waals surface area contributed by atoms with Gasteiger partial charge >= 0.3 is 0 Å². The smallest absolute Gasteiger partial charge is 0.236 e. The summed E-state index contributed by atoms with van der Waals surface area (Å²) in [5.74, 6) is 1.24. The molecule has 1 fully saturated rings. The number of nitrogens with zero attached hydrogens (tertiary/aromatic N) is 2. The van der Waals surface area contributed by atoms with Gasteiger partial charge in [-0.15, -0.1) is 0 Å². The molecule has 7 nitrogen and oxygen atoms in total. The highest BCUT2D eigenvalue weighted by Crippen LogP contribution is 2.28. The average molecular weight is 435 g/mol. The van der Waals surface area contributed by atoms with Crippen LogP contribution in [-0.4, -0.2) is 47.9 Å². The summed E-state index contributed by atoms with van der Waals surface area (Å²) in [6.45, 7) is 3.07. The lowest BCUT2D eigenvalue weighted by atomic mass is 9.82. The predicted molar refractivity (Wildman–Crippen MR) is 122 cm³/mol. The lowest BCUT2D eigenvalue weighted by molar-refractivity contribution is -0.132. The van der Waals surface area contributed by atoms with Crippen molar-refractivity contribution in [2.24, 2.45) is 11.8 Å². The summed E-state index contributed by atoms with van der Waals surface area (Å²) in [7, 11) is 0. The van der Waals surface area contributed by atoms with Crippen LogP contribution in [0.5, 0.6) is 5.75 Å². The molecule has 7 heteroatoms. The molecular weight excluding hydrogens is 404 g/mol. The Morgan fingerprint density at radius 3 is 2.94 bits per heavy atom. The molecule has 0 saturated carbocycles. The molecule has 2 N–H and O–H groups in total. The van der Waals surface area contributed by atoms with Crippen LogP contribution in [0, 0.1) is 11.8 Å². The van der Waals surface area contributed by atoms with Crippen LogP contribution in [0.3, 0.4) is 0 Å². The SMILES string of the molecule is O=C(C[C@@H]1CCN2C[C@@H]1/C=C\COc1ccccc1CNCC2=O)NCc1ccccn1. The van der Waals surface area contributed by atoms with E-state index in [0.717, 1.165) is 23.4 Å². The summed E-state index contributed by atoms with van der Waals surface area (Å²) in [4.78, 5) is 31.5. The van der Waals surface area contributed by atoms with Crippen LogP contribution in [0.2, 0.25) is 0 Å². The molecule has 3 heterocycles. The molecule has 0 aliphatic carbocycles. The fourth-order valence-corrected chi connectivity index (χ4v) is 4.31. The van der Waals surface area contributed by atoms with Gasteiger partial charge in [-0.2, -0.15) is 0 Å². The van der Waals surface area contributed by atoms with Gasteiger partial charge < -0.3 is 20.3 Å². The van der Waals surface area contributed by atoms with Gasteiger partial charge in [0.15, 0.2) is 0 Å². The summed E-state index contributed by atoms with van der Waals surface area (Å²) < 4.78 is 5.96. The zero-order valence-electron chi connectivity index (χ0n) is 18.2. The number of ether oxygens (including phenoxy) is 1. The Hall–Kier alpha value is -3.19. The standard InChI is InChI=1S/C25H30N4O3/c30-24(28-16-22-8-3-4-11-27-22)14-19-10-12-29-18-21(19)7-5-13-32-23-9-2-1-6-20(23)15-26-17-25(29)31/h1-9,11,19,21,26H,10,12-18H2,(H,28,30)/b7-5-/t19-,21-/m0/s1. The second kappa shape index (κ2) is 10.9. The Morgan fingerprint density at radius 1 is 1.19 bits per heavy atom. The summed E-state index contributed by atoms with van der Waals surface area (Å²) in [6.07, 6.45) is 7.09. The number of carbonyl (C=O) groups excluding carboxylic acids is 2. The number of rotatable bonds is 4. The summed E-state index contributed by atoms with van der Waals surface area (Å²) in [6, 6.07) is 13.5. The highest BCUT2D eigenvalue weighted by Gasteiger charge is 2.31. The van der Waals surface area contributed by atoms with E-state index in [0.29, 0.717) is 45.8 Å². The highest BCUT2D eigenvalue weighted by atomic mass is 16.5. The molecule has 2 aliphatic rings. The van der Waals surface area contributed by atoms with Crippen molar-refractivity contribution in [3.8, 4) is 5.75 Å². The monoisotopic (exact) mass is 434 g/mol. The fraction of sp³-hybridized carbons (Fsp3) is 0.400. The first-order valence-electron chi connectivity index (χ1n) is 11.2. The molecule has 2 aromatic rings. The van der Waals surface area contributed by atoms with Gasteiger partial charge in [-0.05, 0) is 36.5 Å². The van der Waals surface area contributed by atoms with E-state index >= 15 is 0 Å². The molecule has 2 atom stereocenters. The van der Waals surface area contributed by atoms with Crippen molar-refractivity contribution in [1.82, 2.24) is 20.5 Å². The van der Waals surface area contributed by atoms with Gasteiger partial charge in [0, 0.05) is 37.8 Å². The third-order valence-corrected chi connectivity index (χ3v) is 6.08. The van der Waals surface area contributed by atoms with Crippen LogP contribution in [0.15, 0.2) is 60.8 Å². The maximum absolute atomic E-state index is 12.7. The number of hydrogen-bond acceptors (Lipinski definition) is 5. The Labute approximate surface area is 188 Å². The molecule has 0 unspecified atom stereocenters. The third kappa shape index (κ3) is 5.95. The van der Waals surface area contributed by atoms with Crippen molar-refractivity contribution >= 4 is 11.8 Å². The van der Waals surface area contributed by atoms with Crippen LogP contribution in [0.1, 0.15) is 24.1 Å². The lowest BCUT2D eigenvalue weighted by Crippen LogP contribution is -2.47. The molecule has 2 amide bonds. The Morgan fingerprint density at radius 2 is 2.06 bits per heavy atom. The van der Waals surface area contributed by atoms with Crippen LogP contribution >= 0.6 is 0 Å². The molecule has 1 saturated heterocycles. The lowest BCUT2D eigenvalue weighted by Gasteiger charge is -2.37. The van der Waals surface area contributed by atoms with Crippen molar-refractivity contribution in [3.63, 3.8) is 0 Å². The first kappa shape index (κ1) is 22.0. The molecule has 4 rings (SSSR count). The number of nitrogens with one attached hydrogen (secondary N) is 2. The van der Waals surface area contributed by atoms with E-state index in [1.807, 2.05) is 53.4 Å². The number of para-hydroxylation sites is 1. The minimum Gasteiger partial charge on any atom is -0.489 e. The second-order valence-corrected chi connectivity index (χ2v) is 8.30. The average Bonchev–Trinajstić information content (AvgIpc) is 2.83. The fourth-order valence-electron chi connectivity index (χ4n) is 4.31. The number of pyridine rings is 1. The van der Waals surface area contributed by atoms with Gasteiger partial charge in [-0.25, -0.2) is 0 Å². The minimum atomic E-state index is 0.0172. The van der Waals surface area contributed by atoms with Crippen LogP contribution in [-0.2, 0) is 22.7 Å². The molecule has 2 bridgehead atoms. The molecule has 0 radical (unpaired) electrons. The van der Waals surface area contributed by atoms with Crippen LogP contribution in [0.25, 0.3) is 0 Å². The topological polar surface area (TPSA) is 83.6 Å². The number of carbonyl (C=O) groups is 2. The molecule has 0 spiro atoms. The van der Waals surface area contributed by atoms with Crippen molar-refractivity contribution in [1.29, 1.82) is 0 Å². The zero-order valence-corrected chi connectivity index (χ0v) is 18.2. The minimum absolute atomic E-state index is 0.0172. The normalized spacial score (nSPS) is 22.4. The molecular formula is C25H30N4O3. The quantitative estimate of drug-likeness (QED) is 0.722. The Balaban J connectivity index is 1.40. The van der Waals surface area contributed by atoms with Gasteiger partial charge in [0.1, 0.15) is 12.4 Å². The van der Waals surface area contributed by atoms with Gasteiger partial charge in [0.05, 0.1) is 18.8 Å². The predicted octanol–water partition coefficient (Wildman–Crippen LogP) is 2.29. The number of hydrogen-bond donors (Lipinski definition) is 2. The molecule has 1 aromatic carbocycles. The largest absolute Gasteiger partial charge is 0.489 e. The van der Waals surface area contributed by atoms with Gasteiger partial charge in [-0.1, -0.05) is 36.4 Å². The van der Waals surface area contributed by atoms with Crippen molar-refractivity contribution < 1.29 is 14.3 Å². The zero-order chi connectivity index (χ0) is 22.2. The van der Waals surface area contributed by atoms with Gasteiger partial charge in [0.25, 0.3) is 0 Å². The number of aromatic nitrogens is 1. The summed E-state index contributed by atoms with van der Waals surface area (Å²) in [5.41, 5.74) is 1.88. The number of fused-ring (bicyclic) bond motifs is 3. The molecule has 1 aromatic heterocycles. The number of piperidine rings is 1. The Kier molecular flexibility index (Phi) is 7.51. The van der Waals surface area contributed by atoms with E-state index in [4.69, 9.17) is 4.74 Å². The van der Waals surface area contributed by atoms with E-state index in [2.05, 4.69) is 21.7 Å². The second-order valence-electron chi connectivity index (χ2n) is 8.30. The highest BCUT2D eigenvalue weighted by molar-refractivity contribution is 5.79. The Bertz CT molecular complexity index is 947. The van der Waals surface area contributed by atoms with E-state index < -0.39 is 0 Å². The summed E-state index contributed by atoms with van der Waals surface area (Å²) in [5, 5.41) is 6.22. The van der Waals surface area contributed by atoms with Crippen LogP contribution < -0.4 is 15.4 Å². The first-order chi connectivity index (χ1) is 15.7. The van der Waals surface area contributed by atoms with E-state index in [1.165, 1.54) is 0 Å². The number of benzene rings is 1. The van der Waals surface area contributed by atoms with E-state index in [-0.39, 0.29) is 23.7 Å². The number of amides is 2. The molecule has 2 aliphatic heterocycles. The maximum atomic E-state index is 12.7. The summed E-state index contributed by atoms with van der Waals surface area (Å²) >= 11 is 0. The third-order valence-electron chi connectivity index (χ3n) is 6.08.